The van der Waals surface area contributed by atoms with Crippen LogP contribution in [0.5, 0.6) is 0 Å². The number of carbonyl (C=O) groups is 2. The third kappa shape index (κ3) is 14.6. The molecular weight excluding hydrogens is 999 g/mol. The number of ether oxygens (including phenoxy) is 4. The Morgan fingerprint density at radius 1 is 0.957 bits per heavy atom. The van der Waals surface area contributed by atoms with E-state index in [0.717, 1.165) is 17.1 Å². The molecule has 1 unspecified atom stereocenters. The minimum Gasteiger partial charge on any atom is -0.456 e. The first-order valence-electron chi connectivity index (χ1n) is 20.4. The largest absolute Gasteiger partial charge is 0.472 e. The van der Waals surface area contributed by atoms with Crippen LogP contribution in [0.4, 0.5) is 22.1 Å². The molecule has 0 aliphatic carbocycles. The van der Waals surface area contributed by atoms with Crippen molar-refractivity contribution in [3.63, 3.8) is 0 Å². The van der Waals surface area contributed by atoms with Crippen LogP contribution in [-0.2, 0) is 53.1 Å². The zero-order valence-electron chi connectivity index (χ0n) is 36.7. The number of aliphatic hydroxyl groups is 2. The molecule has 0 spiro atoms. The minimum absolute atomic E-state index is 0.0171. The number of nitrogens with two attached hydrogens (primary N) is 2. The van der Waals surface area contributed by atoms with Crippen molar-refractivity contribution >= 4 is 77.8 Å². The van der Waals surface area contributed by atoms with Gasteiger partial charge < -0.3 is 60.2 Å². The van der Waals surface area contributed by atoms with E-state index in [1.165, 1.54) is 32.7 Å². The molecule has 33 heteroatoms. The van der Waals surface area contributed by atoms with Crippen LogP contribution in [0.3, 0.4) is 0 Å². The van der Waals surface area contributed by atoms with E-state index in [1.807, 2.05) is 20.8 Å². The third-order valence-corrected chi connectivity index (χ3v) is 14.6. The second kappa shape index (κ2) is 22.9. The first kappa shape index (κ1) is 53.4. The van der Waals surface area contributed by atoms with E-state index < -0.39 is 102 Å². The highest BCUT2D eigenvalue weighted by Gasteiger charge is 2.52. The predicted molar refractivity (Wildman–Crippen MR) is 242 cm³/mol. The second-order valence-corrected chi connectivity index (χ2v) is 21.9. The van der Waals surface area contributed by atoms with Gasteiger partial charge in [0.1, 0.15) is 54.8 Å². The zero-order chi connectivity index (χ0) is 50.3. The average Bonchev–Trinajstić information content (AvgIpc) is 3.94. The molecule has 1 amide bonds. The summed E-state index contributed by atoms with van der Waals surface area (Å²) in [4.78, 5) is 89.1. The Hall–Kier alpha value is -4.94. The standard InChI is InChI=1S/C36H48N12O17P2S2/c1-36(2,3)69-68-13-12-46(35(53)59-14-19-4-6-20(7-5-19)44-45-39)10-9-24(49)64-28-21(62-33(26(28)50)48-18-42-25-30(38)40-17-41-31(25)48)16-61-67(57,58)65-29-22(15-60-66(54,55)56)63-32(27(29)51)47-11-8-23(37)43-34(47)52/h4-8,11,17-18,21-22,26-29,32-33,50-51H,9-10,12-16H2,1-3H3,(H,57,58)(H2,37,43,52)(H2,38,40,41)(H2,54,55,56)/t21-,22-,26-,27-,28-,29-,32-,33-/m1/s1. The number of hydrogen-bond acceptors (Lipinski definition) is 23. The van der Waals surface area contributed by atoms with E-state index >= 15 is 0 Å². The first-order chi connectivity index (χ1) is 32.5. The number of anilines is 2. The van der Waals surface area contributed by atoms with Gasteiger partial charge in [-0.05, 0) is 17.2 Å². The van der Waals surface area contributed by atoms with Crippen molar-refractivity contribution in [3.05, 3.63) is 75.7 Å². The highest BCUT2D eigenvalue weighted by Crippen LogP contribution is 2.50. The number of hydrogen-bond donors (Lipinski definition) is 7. The highest BCUT2D eigenvalue weighted by molar-refractivity contribution is 8.77. The molecule has 9 N–H and O–H groups in total. The Bertz CT molecular complexity index is 2650. The number of aromatic nitrogens is 6. The van der Waals surface area contributed by atoms with Crippen LogP contribution < -0.4 is 17.2 Å². The maximum Gasteiger partial charge on any atom is 0.472 e. The smallest absolute Gasteiger partial charge is 0.456 e. The summed E-state index contributed by atoms with van der Waals surface area (Å²) < 4.78 is 65.0. The third-order valence-electron chi connectivity index (χ3n) is 9.79. The Kier molecular flexibility index (Phi) is 17.7. The minimum atomic E-state index is -5.42. The average molecular weight is 1050 g/mol. The van der Waals surface area contributed by atoms with E-state index in [2.05, 4.69) is 34.5 Å². The molecule has 5 heterocycles. The van der Waals surface area contributed by atoms with Gasteiger partial charge in [0.2, 0.25) is 0 Å². The van der Waals surface area contributed by atoms with Gasteiger partial charge in [0.05, 0.1) is 26.0 Å². The topological polar surface area (TPSA) is 417 Å². The molecule has 69 heavy (non-hydrogen) atoms. The Morgan fingerprint density at radius 3 is 2.29 bits per heavy atom. The van der Waals surface area contributed by atoms with Crippen molar-refractivity contribution < 1.29 is 76.1 Å². The Labute approximate surface area is 398 Å². The van der Waals surface area contributed by atoms with Crippen LogP contribution in [0.15, 0.2) is 59.1 Å². The number of phosphoric ester groups is 2. The molecule has 9 atom stereocenters. The number of nitrogen functional groups attached to an aromatic ring is 2. The molecule has 1 aromatic carbocycles. The van der Waals surface area contributed by atoms with Crippen LogP contribution in [0.1, 0.15) is 45.2 Å². The van der Waals surface area contributed by atoms with Crippen LogP contribution >= 0.6 is 37.2 Å². The Balaban J connectivity index is 1.18. The molecule has 2 fully saturated rings. The maximum absolute atomic E-state index is 13.6. The molecule has 0 bridgehead atoms. The fraction of sp³-hybridized carbons (Fsp3) is 0.528. The molecule has 2 aliphatic rings. The van der Waals surface area contributed by atoms with Gasteiger partial charge in [-0.3, -0.25) is 27.5 Å². The lowest BCUT2D eigenvalue weighted by Gasteiger charge is -2.25. The molecule has 2 saturated heterocycles. The summed E-state index contributed by atoms with van der Waals surface area (Å²) in [5.74, 6) is -0.725. The number of rotatable bonds is 21. The van der Waals surface area contributed by atoms with E-state index in [9.17, 15) is 48.4 Å². The second-order valence-electron chi connectivity index (χ2n) is 16.0. The number of fused-ring (bicyclic) bond motifs is 1. The number of amides is 1. The molecule has 3 aromatic heterocycles. The summed E-state index contributed by atoms with van der Waals surface area (Å²) in [5, 5.41) is 26.4. The van der Waals surface area contributed by atoms with E-state index in [0.29, 0.717) is 17.0 Å². The van der Waals surface area contributed by atoms with Gasteiger partial charge in [-0.1, -0.05) is 71.7 Å². The van der Waals surface area contributed by atoms with Crippen molar-refractivity contribution in [1.29, 1.82) is 0 Å². The summed E-state index contributed by atoms with van der Waals surface area (Å²) in [7, 11) is -7.52. The summed E-state index contributed by atoms with van der Waals surface area (Å²) in [6.07, 6.45) is -11.6. The van der Waals surface area contributed by atoms with Crippen molar-refractivity contribution in [2.45, 2.75) is 87.6 Å². The number of azide groups is 1. The van der Waals surface area contributed by atoms with Crippen molar-refractivity contribution in [2.75, 3.05) is 43.5 Å². The van der Waals surface area contributed by atoms with Gasteiger partial charge in [-0.25, -0.2) is 33.7 Å². The molecule has 4 aromatic rings. The van der Waals surface area contributed by atoms with Gasteiger partial charge in [0.15, 0.2) is 30.0 Å². The molecule has 0 saturated carbocycles. The summed E-state index contributed by atoms with van der Waals surface area (Å²) in [6, 6.07) is 7.49. The number of benzene rings is 1. The van der Waals surface area contributed by atoms with Gasteiger partial charge in [0, 0.05) is 40.4 Å². The monoisotopic (exact) mass is 1050 g/mol. The summed E-state index contributed by atoms with van der Waals surface area (Å²) in [5.41, 5.74) is 20.3. The molecule has 0 radical (unpaired) electrons. The van der Waals surface area contributed by atoms with E-state index in [4.69, 9.17) is 45.0 Å². The highest BCUT2D eigenvalue weighted by atomic mass is 33.1. The number of esters is 1. The van der Waals surface area contributed by atoms with Crippen LogP contribution in [-0.4, -0.2) is 144 Å². The number of aliphatic hydroxyl groups excluding tert-OH is 2. The normalized spacial score (nSPS) is 23.6. The van der Waals surface area contributed by atoms with Crippen molar-refractivity contribution in [2.24, 2.45) is 5.11 Å². The fourth-order valence-corrected chi connectivity index (χ4v) is 10.3. The zero-order valence-corrected chi connectivity index (χ0v) is 40.1. The summed E-state index contributed by atoms with van der Waals surface area (Å²) in [6.45, 7) is 3.85. The number of phosphoric acid groups is 2. The lowest BCUT2D eigenvalue weighted by atomic mass is 10.1. The van der Waals surface area contributed by atoms with Gasteiger partial charge in [-0.2, -0.15) is 4.98 Å². The molecule has 6 rings (SSSR count). The number of imidazole rings is 1. The molecular formula is C36H48N12O17P2S2. The van der Waals surface area contributed by atoms with Crippen LogP contribution in [0, 0.1) is 0 Å². The SMILES string of the molecule is CC(C)(C)SSCCN(CCC(=O)O[C@H]1[C@@H](O)[C@H](n2cnc3c(N)ncnc32)O[C@@H]1COP(=O)(O)O[C@H]1[C@@H](O)[C@H](n2ccc(N)nc2=O)O[C@@H]1COP(=O)(O)O)C(=O)OCc1ccc(N=[N+]=[N-])cc1. The maximum atomic E-state index is 13.6. The number of carbonyl (C=O) groups excluding carboxylic acids is 2. The Morgan fingerprint density at radius 2 is 1.62 bits per heavy atom. The fourth-order valence-electron chi connectivity index (χ4n) is 6.69. The summed E-state index contributed by atoms with van der Waals surface area (Å²) >= 11 is 0. The van der Waals surface area contributed by atoms with Crippen LogP contribution in [0.25, 0.3) is 21.6 Å². The lowest BCUT2D eigenvalue weighted by Crippen LogP contribution is -2.40. The molecule has 376 valence electrons. The predicted octanol–water partition coefficient (Wildman–Crippen LogP) is 2.44. The lowest BCUT2D eigenvalue weighted by molar-refractivity contribution is -0.156. The van der Waals surface area contributed by atoms with Crippen molar-refractivity contribution in [3.8, 4) is 0 Å². The molecule has 29 nitrogen and oxygen atoms in total. The quantitative estimate of drug-likeness (QED) is 0.0120. The first-order valence-corrected chi connectivity index (χ1v) is 25.7. The van der Waals surface area contributed by atoms with Gasteiger partial charge >= 0.3 is 33.4 Å². The molecule has 2 aliphatic heterocycles. The number of nitrogens with zero attached hydrogens (tertiary/aromatic N) is 10. The van der Waals surface area contributed by atoms with Crippen molar-refractivity contribution in [1.82, 2.24) is 34.0 Å². The van der Waals surface area contributed by atoms with E-state index in [1.54, 1.807) is 35.1 Å². The van der Waals surface area contributed by atoms with E-state index in [-0.39, 0.29) is 47.2 Å². The van der Waals surface area contributed by atoms with Gasteiger partial charge in [-0.15, -0.1) is 0 Å². The van der Waals surface area contributed by atoms with Gasteiger partial charge in [0.25, 0.3) is 0 Å². The van der Waals surface area contributed by atoms with Crippen LogP contribution in [0.2, 0.25) is 0 Å².